The second-order valence-corrected chi connectivity index (χ2v) is 9.08. The first-order valence-corrected chi connectivity index (χ1v) is 8.60. The zero-order valence-electron chi connectivity index (χ0n) is 15.3. The molecule has 1 heterocycles. The minimum Gasteiger partial charge on any atom is -0.480 e. The zero-order chi connectivity index (χ0) is 17.6. The van der Waals surface area contributed by atoms with Crippen molar-refractivity contribution in [2.75, 3.05) is 6.54 Å². The predicted octanol–water partition coefficient (Wildman–Crippen LogP) is 3.91. The molecule has 132 valence electrons. The molecule has 5 nitrogen and oxygen atoms in total. The van der Waals surface area contributed by atoms with Gasteiger partial charge in [0, 0.05) is 6.54 Å². The van der Waals surface area contributed by atoms with Gasteiger partial charge in [-0.2, -0.15) is 0 Å². The van der Waals surface area contributed by atoms with Gasteiger partial charge in [-0.05, 0) is 56.8 Å². The Morgan fingerprint density at radius 3 is 2.13 bits per heavy atom. The number of carbonyl (C=O) groups is 2. The Labute approximate surface area is 139 Å². The molecule has 1 amide bonds. The van der Waals surface area contributed by atoms with Crippen LogP contribution in [0.4, 0.5) is 4.79 Å². The van der Waals surface area contributed by atoms with Gasteiger partial charge >= 0.3 is 12.1 Å². The lowest BCUT2D eigenvalue weighted by Crippen LogP contribution is -2.46. The van der Waals surface area contributed by atoms with Gasteiger partial charge in [-0.25, -0.2) is 9.59 Å². The Kier molecular flexibility index (Phi) is 4.46. The van der Waals surface area contributed by atoms with Crippen LogP contribution in [0.25, 0.3) is 0 Å². The molecule has 0 bridgehead atoms. The van der Waals surface area contributed by atoms with E-state index in [4.69, 9.17) is 4.74 Å². The molecule has 2 rings (SSSR count). The lowest BCUT2D eigenvalue weighted by Gasteiger charge is -2.50. The zero-order valence-corrected chi connectivity index (χ0v) is 15.3. The number of nitrogens with zero attached hydrogens (tertiary/aromatic N) is 1. The summed E-state index contributed by atoms with van der Waals surface area (Å²) in [4.78, 5) is 25.6. The number of amides is 1. The quantitative estimate of drug-likeness (QED) is 0.854. The van der Waals surface area contributed by atoms with Crippen LogP contribution >= 0.6 is 0 Å². The molecule has 0 spiro atoms. The van der Waals surface area contributed by atoms with Crippen LogP contribution in [0.5, 0.6) is 0 Å². The molecule has 0 aromatic heterocycles. The Morgan fingerprint density at radius 1 is 1.17 bits per heavy atom. The minimum absolute atomic E-state index is 0.00964. The van der Waals surface area contributed by atoms with Gasteiger partial charge in [0.2, 0.25) is 0 Å². The fraction of sp³-hybridized carbons (Fsp3) is 0.889. The molecule has 0 aromatic carbocycles. The minimum atomic E-state index is -0.941. The maximum absolute atomic E-state index is 12.5. The second kappa shape index (κ2) is 5.67. The second-order valence-electron chi connectivity index (χ2n) is 9.08. The molecule has 0 radical (unpaired) electrons. The van der Waals surface area contributed by atoms with Crippen LogP contribution in [0.2, 0.25) is 0 Å². The van der Waals surface area contributed by atoms with Crippen molar-refractivity contribution in [1.82, 2.24) is 4.90 Å². The maximum Gasteiger partial charge on any atom is 0.411 e. The molecular weight excluding hydrogens is 294 g/mol. The van der Waals surface area contributed by atoms with E-state index in [1.54, 1.807) is 20.8 Å². The highest BCUT2D eigenvalue weighted by molar-refractivity contribution is 5.81. The first-order chi connectivity index (χ1) is 10.4. The summed E-state index contributed by atoms with van der Waals surface area (Å²) in [5.41, 5.74) is -0.823. The van der Waals surface area contributed by atoms with Gasteiger partial charge in [-0.1, -0.05) is 27.2 Å². The van der Waals surface area contributed by atoms with Crippen molar-refractivity contribution in [2.24, 2.45) is 16.7 Å². The van der Waals surface area contributed by atoms with Gasteiger partial charge in [0.05, 0.1) is 0 Å². The van der Waals surface area contributed by atoms with Crippen molar-refractivity contribution >= 4 is 12.1 Å². The van der Waals surface area contributed by atoms with Crippen molar-refractivity contribution in [3.05, 3.63) is 0 Å². The van der Waals surface area contributed by atoms with E-state index in [0.717, 1.165) is 0 Å². The molecule has 23 heavy (non-hydrogen) atoms. The van der Waals surface area contributed by atoms with Crippen LogP contribution < -0.4 is 0 Å². The molecule has 2 unspecified atom stereocenters. The van der Waals surface area contributed by atoms with Gasteiger partial charge in [0.25, 0.3) is 0 Å². The molecule has 1 saturated carbocycles. The van der Waals surface area contributed by atoms with Crippen LogP contribution in [0.3, 0.4) is 0 Å². The topological polar surface area (TPSA) is 66.8 Å². The molecule has 5 heteroatoms. The molecule has 2 aliphatic rings. The maximum atomic E-state index is 12.5. The molecule has 0 aromatic rings. The van der Waals surface area contributed by atoms with E-state index in [0.29, 0.717) is 18.9 Å². The molecular formula is C18H31NO4. The summed E-state index contributed by atoms with van der Waals surface area (Å²) in [6, 6.07) is -0.797. The summed E-state index contributed by atoms with van der Waals surface area (Å²) in [5, 5.41) is 9.59. The first kappa shape index (κ1) is 18.1. The van der Waals surface area contributed by atoms with E-state index < -0.39 is 23.7 Å². The van der Waals surface area contributed by atoms with Crippen LogP contribution in [-0.2, 0) is 9.53 Å². The van der Waals surface area contributed by atoms with Crippen molar-refractivity contribution < 1.29 is 19.4 Å². The Bertz CT molecular complexity index is 490. The summed E-state index contributed by atoms with van der Waals surface area (Å²) >= 11 is 0. The fourth-order valence-electron chi connectivity index (χ4n) is 3.91. The third kappa shape index (κ3) is 3.33. The van der Waals surface area contributed by atoms with Gasteiger partial charge < -0.3 is 9.84 Å². The number of aliphatic carboxylic acids is 1. The lowest BCUT2D eigenvalue weighted by atomic mass is 9.54. The molecule has 1 saturated heterocycles. The molecule has 1 aliphatic carbocycles. The highest BCUT2D eigenvalue weighted by Crippen LogP contribution is 2.57. The normalized spacial score (nSPS) is 29.3. The van der Waals surface area contributed by atoms with Crippen LogP contribution in [0.15, 0.2) is 0 Å². The Balaban J connectivity index is 2.23. The van der Waals surface area contributed by atoms with E-state index in [2.05, 4.69) is 20.8 Å². The standard InChI is InChI=1S/C18H31NO4/c1-16(2,3)23-15(22)19-11-18(6,10-13(19)14(20)21)17(4,5)12-8-7-9-12/h12-13H,7-11H2,1-6H3,(H,20,21). The van der Waals surface area contributed by atoms with E-state index in [-0.39, 0.29) is 10.8 Å². The average molecular weight is 325 g/mol. The lowest BCUT2D eigenvalue weighted by molar-refractivity contribution is -0.142. The van der Waals surface area contributed by atoms with Gasteiger partial charge in [-0.15, -0.1) is 0 Å². The van der Waals surface area contributed by atoms with Crippen molar-refractivity contribution in [2.45, 2.75) is 78.9 Å². The number of ether oxygens (including phenoxy) is 1. The van der Waals surface area contributed by atoms with Gasteiger partial charge in [0.1, 0.15) is 11.6 Å². The summed E-state index contributed by atoms with van der Waals surface area (Å²) in [6.07, 6.45) is 3.63. The number of carbonyl (C=O) groups excluding carboxylic acids is 1. The Morgan fingerprint density at radius 2 is 1.74 bits per heavy atom. The van der Waals surface area contributed by atoms with E-state index in [1.807, 2.05) is 0 Å². The fourth-order valence-corrected chi connectivity index (χ4v) is 3.91. The summed E-state index contributed by atoms with van der Waals surface area (Å²) in [7, 11) is 0. The number of carboxylic acid groups (broad SMARTS) is 1. The SMILES string of the molecule is CC(C)(C)OC(=O)N1CC(C)(C(C)(C)C2CCC2)CC1C(=O)O. The van der Waals surface area contributed by atoms with Crippen LogP contribution in [0, 0.1) is 16.7 Å². The highest BCUT2D eigenvalue weighted by atomic mass is 16.6. The van der Waals surface area contributed by atoms with Crippen molar-refractivity contribution in [1.29, 1.82) is 0 Å². The van der Waals surface area contributed by atoms with Crippen molar-refractivity contribution in [3.63, 3.8) is 0 Å². The number of hydrogen-bond acceptors (Lipinski definition) is 3. The van der Waals surface area contributed by atoms with E-state index in [1.165, 1.54) is 24.2 Å². The number of hydrogen-bond donors (Lipinski definition) is 1. The third-order valence-corrected chi connectivity index (χ3v) is 6.13. The number of rotatable bonds is 3. The molecule has 1 aliphatic heterocycles. The molecule has 2 atom stereocenters. The van der Waals surface area contributed by atoms with E-state index in [9.17, 15) is 14.7 Å². The predicted molar refractivity (Wildman–Crippen MR) is 88.2 cm³/mol. The third-order valence-electron chi connectivity index (χ3n) is 6.13. The van der Waals surface area contributed by atoms with Crippen molar-refractivity contribution in [3.8, 4) is 0 Å². The summed E-state index contributed by atoms with van der Waals surface area (Å²) in [5.74, 6) is -0.329. The largest absolute Gasteiger partial charge is 0.480 e. The first-order valence-electron chi connectivity index (χ1n) is 8.60. The highest BCUT2D eigenvalue weighted by Gasteiger charge is 2.56. The van der Waals surface area contributed by atoms with Gasteiger partial charge in [-0.3, -0.25) is 4.90 Å². The monoisotopic (exact) mass is 325 g/mol. The molecule has 2 fully saturated rings. The van der Waals surface area contributed by atoms with E-state index >= 15 is 0 Å². The van der Waals surface area contributed by atoms with Crippen LogP contribution in [-0.4, -0.2) is 40.3 Å². The summed E-state index contributed by atoms with van der Waals surface area (Å²) in [6.45, 7) is 12.4. The smallest absolute Gasteiger partial charge is 0.411 e. The molecule has 1 N–H and O–H groups in total. The van der Waals surface area contributed by atoms with Gasteiger partial charge in [0.15, 0.2) is 0 Å². The summed E-state index contributed by atoms with van der Waals surface area (Å²) < 4.78 is 5.43. The number of carboxylic acids is 1. The Hall–Kier alpha value is -1.26. The van der Waals surface area contributed by atoms with Crippen LogP contribution in [0.1, 0.15) is 67.2 Å². The average Bonchev–Trinajstić information content (AvgIpc) is 2.64. The number of likely N-dealkylation sites (tertiary alicyclic amines) is 1.